The van der Waals surface area contributed by atoms with Crippen molar-refractivity contribution in [1.82, 2.24) is 0 Å². The zero-order valence-electron chi connectivity index (χ0n) is 23.6. The molecule has 3 aliphatic rings. The fraction of sp³-hybridized carbons (Fsp3) is 0.710. The van der Waals surface area contributed by atoms with Crippen molar-refractivity contribution in [3.8, 4) is 0 Å². The van der Waals surface area contributed by atoms with E-state index >= 15 is 0 Å². The van der Waals surface area contributed by atoms with Crippen molar-refractivity contribution < 1.29 is 29.6 Å². The molecule has 3 aliphatic carbocycles. The van der Waals surface area contributed by atoms with Crippen molar-refractivity contribution in [3.05, 3.63) is 47.6 Å². The van der Waals surface area contributed by atoms with Gasteiger partial charge in [-0.15, -0.1) is 0 Å². The quantitative estimate of drug-likeness (QED) is 0.283. The fourth-order valence-corrected chi connectivity index (χ4v) is 7.04. The zero-order valence-corrected chi connectivity index (χ0v) is 23.6. The first-order valence-electron chi connectivity index (χ1n) is 13.9. The van der Waals surface area contributed by atoms with Crippen LogP contribution in [-0.4, -0.2) is 52.0 Å². The molecule has 3 rings (SSSR count). The number of carbonyl (C=O) groups excluding carboxylic acids is 1. The lowest BCUT2D eigenvalue weighted by Gasteiger charge is -2.47. The molecule has 0 spiro atoms. The van der Waals surface area contributed by atoms with Gasteiger partial charge in [0.2, 0.25) is 0 Å². The van der Waals surface area contributed by atoms with E-state index in [0.717, 1.165) is 43.3 Å². The van der Waals surface area contributed by atoms with E-state index in [0.29, 0.717) is 24.7 Å². The summed E-state index contributed by atoms with van der Waals surface area (Å²) in [6.07, 6.45) is 11.8. The molecule has 0 aliphatic heterocycles. The topological polar surface area (TPSA) is 96.2 Å². The minimum Gasteiger partial charge on any atom is -0.435 e. The van der Waals surface area contributed by atoms with E-state index in [2.05, 4.69) is 45.6 Å². The van der Waals surface area contributed by atoms with Crippen LogP contribution in [-0.2, 0) is 9.47 Å². The van der Waals surface area contributed by atoms with Crippen LogP contribution < -0.4 is 0 Å². The van der Waals surface area contributed by atoms with Gasteiger partial charge in [-0.05, 0) is 93.1 Å². The third-order valence-electron chi connectivity index (χ3n) is 9.16. The lowest BCUT2D eigenvalue weighted by Crippen LogP contribution is -2.41. The summed E-state index contributed by atoms with van der Waals surface area (Å²) in [7, 11) is 0. The third-order valence-corrected chi connectivity index (χ3v) is 9.16. The average molecular weight is 517 g/mol. The van der Waals surface area contributed by atoms with Gasteiger partial charge in [-0.25, -0.2) is 4.79 Å². The van der Waals surface area contributed by atoms with Crippen LogP contribution in [0.25, 0.3) is 0 Å². The third kappa shape index (κ3) is 6.58. The lowest BCUT2D eigenvalue weighted by molar-refractivity contribution is -0.0660. The average Bonchev–Trinajstić information content (AvgIpc) is 3.17. The van der Waals surface area contributed by atoms with E-state index in [-0.39, 0.29) is 17.4 Å². The summed E-state index contributed by atoms with van der Waals surface area (Å²) in [5.41, 5.74) is 2.02. The normalized spacial score (nSPS) is 34.1. The van der Waals surface area contributed by atoms with Gasteiger partial charge in [0.25, 0.3) is 0 Å². The van der Waals surface area contributed by atoms with Crippen molar-refractivity contribution in [1.29, 1.82) is 0 Å². The Hall–Kier alpha value is -1.89. The highest BCUT2D eigenvalue weighted by molar-refractivity contribution is 5.60. The molecule has 0 aromatic heterocycles. The number of rotatable bonds is 7. The number of carbonyl (C=O) groups is 1. The monoisotopic (exact) mass is 516 g/mol. The first kappa shape index (κ1) is 29.7. The molecule has 6 heteroatoms. The Morgan fingerprint density at radius 2 is 1.92 bits per heavy atom. The molecule has 3 N–H and O–H groups in total. The molecule has 0 heterocycles. The van der Waals surface area contributed by atoms with Gasteiger partial charge in [0.1, 0.15) is 11.7 Å². The molecular formula is C31H48O6. The van der Waals surface area contributed by atoms with Crippen LogP contribution >= 0.6 is 0 Å². The van der Waals surface area contributed by atoms with Crippen LogP contribution in [0.3, 0.4) is 0 Å². The van der Waals surface area contributed by atoms with Crippen LogP contribution in [0.5, 0.6) is 0 Å². The van der Waals surface area contributed by atoms with E-state index in [1.807, 2.05) is 0 Å². The maximum absolute atomic E-state index is 11.8. The summed E-state index contributed by atoms with van der Waals surface area (Å²) in [5, 5.41) is 31.1. The Balaban J connectivity index is 1.76. The summed E-state index contributed by atoms with van der Waals surface area (Å²) >= 11 is 0. The highest BCUT2D eigenvalue weighted by Crippen LogP contribution is 2.62. The molecule has 0 bridgehead atoms. The van der Waals surface area contributed by atoms with Crippen molar-refractivity contribution in [3.63, 3.8) is 0 Å². The van der Waals surface area contributed by atoms with Crippen molar-refractivity contribution in [2.24, 2.45) is 22.7 Å². The van der Waals surface area contributed by atoms with Gasteiger partial charge in [0.05, 0.1) is 18.8 Å². The van der Waals surface area contributed by atoms with E-state index in [1.165, 1.54) is 5.57 Å². The van der Waals surface area contributed by atoms with Gasteiger partial charge in [0.15, 0.2) is 0 Å². The van der Waals surface area contributed by atoms with Crippen LogP contribution in [0.4, 0.5) is 4.79 Å². The molecule has 0 aromatic rings. The highest BCUT2D eigenvalue weighted by Gasteiger charge is 2.53. The van der Waals surface area contributed by atoms with Crippen molar-refractivity contribution in [2.75, 3.05) is 6.61 Å². The summed E-state index contributed by atoms with van der Waals surface area (Å²) in [6, 6.07) is 0. The lowest BCUT2D eigenvalue weighted by atomic mass is 9.57. The van der Waals surface area contributed by atoms with Crippen LogP contribution in [0.1, 0.15) is 86.5 Å². The van der Waals surface area contributed by atoms with E-state index in [1.54, 1.807) is 26.8 Å². The van der Waals surface area contributed by atoms with Gasteiger partial charge in [-0.3, -0.25) is 0 Å². The predicted molar refractivity (Wildman–Crippen MR) is 146 cm³/mol. The molecular weight excluding hydrogens is 468 g/mol. The van der Waals surface area contributed by atoms with Gasteiger partial charge in [-0.2, -0.15) is 0 Å². The molecule has 208 valence electrons. The van der Waals surface area contributed by atoms with Crippen LogP contribution in [0.2, 0.25) is 0 Å². The van der Waals surface area contributed by atoms with E-state index in [4.69, 9.17) is 9.47 Å². The number of aliphatic hydroxyl groups excluding tert-OH is 3. The second-order valence-electron chi connectivity index (χ2n) is 12.6. The van der Waals surface area contributed by atoms with Crippen LogP contribution in [0, 0.1) is 22.7 Å². The molecule has 3 fully saturated rings. The van der Waals surface area contributed by atoms with E-state index in [9.17, 15) is 20.1 Å². The van der Waals surface area contributed by atoms with Crippen LogP contribution in [0.15, 0.2) is 47.6 Å². The summed E-state index contributed by atoms with van der Waals surface area (Å²) < 4.78 is 10.2. The Bertz CT molecular complexity index is 941. The molecule has 6 atom stereocenters. The van der Waals surface area contributed by atoms with Gasteiger partial charge in [0, 0.05) is 6.42 Å². The SMILES string of the molecule is C=C1/C(=C\C=C2/CCC[C@]3(C)[C@@H](C(C)(C)/C=C/[C@@H](O)C(C)(C)OC(=O)OCC)CC[C@@H]23)C[C@@H](O)C[C@@H]1O. The van der Waals surface area contributed by atoms with Gasteiger partial charge >= 0.3 is 6.16 Å². The summed E-state index contributed by atoms with van der Waals surface area (Å²) in [4.78, 5) is 11.8. The van der Waals surface area contributed by atoms with E-state index < -0.39 is 30.1 Å². The number of hydrogen-bond donors (Lipinski definition) is 3. The molecule has 0 amide bonds. The number of allylic oxidation sites excluding steroid dienone is 4. The molecule has 0 aromatic carbocycles. The Morgan fingerprint density at radius 3 is 2.59 bits per heavy atom. The second-order valence-corrected chi connectivity index (χ2v) is 12.6. The minimum atomic E-state index is -1.10. The molecule has 37 heavy (non-hydrogen) atoms. The first-order valence-corrected chi connectivity index (χ1v) is 13.9. The second kappa shape index (κ2) is 11.5. The number of aliphatic hydroxyl groups is 3. The highest BCUT2D eigenvalue weighted by atomic mass is 16.7. The van der Waals surface area contributed by atoms with Gasteiger partial charge in [-0.1, -0.05) is 57.2 Å². The van der Waals surface area contributed by atoms with Crippen molar-refractivity contribution in [2.45, 2.75) is 110 Å². The molecule has 6 nitrogen and oxygen atoms in total. The fourth-order valence-electron chi connectivity index (χ4n) is 7.04. The number of fused-ring (bicyclic) bond motifs is 1. The predicted octanol–water partition coefficient (Wildman–Crippen LogP) is 6.02. The molecule has 0 radical (unpaired) electrons. The summed E-state index contributed by atoms with van der Waals surface area (Å²) in [5.74, 6) is 0.920. The first-order chi connectivity index (χ1) is 17.2. The number of ether oxygens (including phenoxy) is 2. The maximum atomic E-state index is 11.8. The van der Waals surface area contributed by atoms with Gasteiger partial charge < -0.3 is 24.8 Å². The maximum Gasteiger partial charge on any atom is 0.508 e. The minimum absolute atomic E-state index is 0.140. The zero-order chi connectivity index (χ0) is 27.6. The summed E-state index contributed by atoms with van der Waals surface area (Å²) in [6.45, 7) is 16.3. The Kier molecular flexibility index (Phi) is 9.19. The largest absolute Gasteiger partial charge is 0.508 e. The Labute approximate surface area is 223 Å². The number of hydrogen-bond acceptors (Lipinski definition) is 6. The Morgan fingerprint density at radius 1 is 1.22 bits per heavy atom. The molecule has 0 unspecified atom stereocenters. The smallest absolute Gasteiger partial charge is 0.435 e. The molecule has 3 saturated carbocycles. The molecule has 0 saturated heterocycles. The standard InChI is InChI=1S/C31H48O6/c1-8-36-28(35)37-30(5,6)27(34)15-17-29(3,4)26-14-13-24-21(10-9-16-31(24,26)7)11-12-22-18-23(32)19-25(33)20(22)2/h11-12,15,17,23-27,32-34H,2,8-10,13-14,16,18-19H2,1,3-7H3/b17-15+,21-11+,22-12-/t23-,24+,25+,26-,27-,31+/m1/s1. The van der Waals surface area contributed by atoms with Crippen molar-refractivity contribution >= 4 is 6.16 Å².